The summed E-state index contributed by atoms with van der Waals surface area (Å²) in [4.78, 5) is 0. The topological polar surface area (TPSA) is 0 Å². The van der Waals surface area contributed by atoms with E-state index < -0.39 is 21.2 Å². The first-order valence-electron chi connectivity index (χ1n) is 7.73. The Morgan fingerprint density at radius 1 is 0.652 bits per heavy atom. The molecule has 2 aromatic carbocycles. The van der Waals surface area contributed by atoms with E-state index in [1.165, 1.54) is 0 Å². The third-order valence-electron chi connectivity index (χ3n) is 3.70. The molecule has 0 aliphatic carbocycles. The fourth-order valence-corrected chi connectivity index (χ4v) is 4.74. The summed E-state index contributed by atoms with van der Waals surface area (Å²) in [5.41, 5.74) is 1.03. The molecule has 23 heavy (non-hydrogen) atoms. The fourth-order valence-electron chi connectivity index (χ4n) is 2.44. The molecule has 0 spiro atoms. The summed E-state index contributed by atoms with van der Waals surface area (Å²) in [6.07, 6.45) is 0. The van der Waals surface area contributed by atoms with Crippen LogP contribution in [-0.2, 0) is 10.8 Å². The molecule has 0 unspecified atom stereocenters. The Bertz CT molecular complexity index is 645. The predicted octanol–water partition coefficient (Wildman–Crippen LogP) is 2.69. The third kappa shape index (κ3) is 4.52. The van der Waals surface area contributed by atoms with E-state index in [0.29, 0.717) is 0 Å². The van der Waals surface area contributed by atoms with Crippen molar-refractivity contribution in [3.05, 3.63) is 66.3 Å². The summed E-state index contributed by atoms with van der Waals surface area (Å²) >= 11 is -0.584. The Kier molecular flexibility index (Phi) is 5.19. The first kappa shape index (κ1) is 18.4. The van der Waals surface area contributed by atoms with Crippen molar-refractivity contribution in [2.45, 2.75) is 52.4 Å². The van der Waals surface area contributed by atoms with Gasteiger partial charge in [0.2, 0.25) is 0 Å². The minimum Gasteiger partial charge on any atom is -0.207 e. The molecular formula is C20H24F2I+. The van der Waals surface area contributed by atoms with Crippen LogP contribution in [0.15, 0.2) is 36.4 Å². The van der Waals surface area contributed by atoms with E-state index in [1.807, 2.05) is 65.8 Å². The number of benzene rings is 2. The molecule has 0 saturated heterocycles. The highest BCUT2D eigenvalue weighted by molar-refractivity contribution is 5.25. The van der Waals surface area contributed by atoms with Crippen molar-refractivity contribution in [3.63, 3.8) is 0 Å². The highest BCUT2D eigenvalue weighted by atomic mass is 127. The molecule has 0 N–H and O–H groups in total. The SMILES string of the molecule is CC(C)(C)c1ccc([I+]c2ccc(C(C)(C)C)c(F)c2)cc1F. The molecule has 0 fully saturated rings. The van der Waals surface area contributed by atoms with Crippen LogP contribution in [0.4, 0.5) is 8.78 Å². The average molecular weight is 429 g/mol. The van der Waals surface area contributed by atoms with Crippen LogP contribution in [0.1, 0.15) is 52.7 Å². The third-order valence-corrected chi connectivity index (χ3v) is 6.28. The van der Waals surface area contributed by atoms with Crippen molar-refractivity contribution in [2.75, 3.05) is 0 Å². The molecular weight excluding hydrogens is 405 g/mol. The maximum absolute atomic E-state index is 14.3. The Morgan fingerprint density at radius 2 is 1.00 bits per heavy atom. The first-order valence-corrected chi connectivity index (χ1v) is 9.89. The van der Waals surface area contributed by atoms with Gasteiger partial charge in [-0.15, -0.1) is 0 Å². The molecule has 0 heterocycles. The van der Waals surface area contributed by atoms with Crippen LogP contribution in [-0.4, -0.2) is 0 Å². The van der Waals surface area contributed by atoms with Gasteiger partial charge < -0.3 is 0 Å². The molecule has 0 atom stereocenters. The summed E-state index contributed by atoms with van der Waals surface area (Å²) in [6.45, 7) is 12.0. The smallest absolute Gasteiger partial charge is 0.207 e. The molecule has 0 aromatic heterocycles. The fraction of sp³-hybridized carbons (Fsp3) is 0.400. The van der Waals surface area contributed by atoms with Crippen LogP contribution in [0, 0.1) is 18.8 Å². The Balaban J connectivity index is 2.27. The van der Waals surface area contributed by atoms with Gasteiger partial charge in [-0.1, -0.05) is 53.7 Å². The predicted molar refractivity (Wildman–Crippen MR) is 87.6 cm³/mol. The van der Waals surface area contributed by atoms with Gasteiger partial charge >= 0.3 is 21.2 Å². The van der Waals surface area contributed by atoms with E-state index in [1.54, 1.807) is 12.1 Å². The van der Waals surface area contributed by atoms with Gasteiger partial charge in [-0.2, -0.15) is 0 Å². The average Bonchev–Trinajstić information content (AvgIpc) is 2.35. The van der Waals surface area contributed by atoms with Crippen molar-refractivity contribution in [2.24, 2.45) is 0 Å². The van der Waals surface area contributed by atoms with Crippen LogP contribution >= 0.6 is 0 Å². The summed E-state index contributed by atoms with van der Waals surface area (Å²) < 4.78 is 30.5. The van der Waals surface area contributed by atoms with E-state index in [2.05, 4.69) is 0 Å². The maximum atomic E-state index is 14.3. The monoisotopic (exact) mass is 429 g/mol. The number of hydrogen-bond donors (Lipinski definition) is 0. The van der Waals surface area contributed by atoms with Gasteiger partial charge in [-0.05, 0) is 34.1 Å². The van der Waals surface area contributed by atoms with Gasteiger partial charge in [0.1, 0.15) is 11.6 Å². The largest absolute Gasteiger partial charge is 0.358 e. The zero-order chi connectivity index (χ0) is 17.4. The van der Waals surface area contributed by atoms with Crippen molar-refractivity contribution >= 4 is 0 Å². The van der Waals surface area contributed by atoms with Crippen LogP contribution < -0.4 is 21.2 Å². The zero-order valence-electron chi connectivity index (χ0n) is 14.6. The number of rotatable bonds is 2. The maximum Gasteiger partial charge on any atom is 0.358 e. The molecule has 0 aliphatic rings. The van der Waals surface area contributed by atoms with Gasteiger partial charge in [0.15, 0.2) is 7.14 Å². The van der Waals surface area contributed by atoms with Gasteiger partial charge in [-0.3, -0.25) is 0 Å². The lowest BCUT2D eigenvalue weighted by Gasteiger charge is -2.19. The minimum absolute atomic E-state index is 0.165. The second kappa shape index (κ2) is 6.50. The molecule has 0 bridgehead atoms. The quantitative estimate of drug-likeness (QED) is 0.645. The van der Waals surface area contributed by atoms with Crippen molar-refractivity contribution in [1.29, 1.82) is 0 Å². The molecule has 0 amide bonds. The summed E-state index contributed by atoms with van der Waals surface area (Å²) in [6, 6.07) is 10.9. The lowest BCUT2D eigenvalue weighted by molar-refractivity contribution is -0.597. The summed E-state index contributed by atoms with van der Waals surface area (Å²) in [5, 5.41) is 0. The lowest BCUT2D eigenvalue weighted by Crippen LogP contribution is -3.61. The van der Waals surface area contributed by atoms with E-state index in [9.17, 15) is 8.78 Å². The Morgan fingerprint density at radius 3 is 1.26 bits per heavy atom. The molecule has 0 radical (unpaired) electrons. The highest BCUT2D eigenvalue weighted by Gasteiger charge is 2.25. The molecule has 0 aliphatic heterocycles. The van der Waals surface area contributed by atoms with Crippen LogP contribution in [0.5, 0.6) is 0 Å². The van der Waals surface area contributed by atoms with E-state index in [0.717, 1.165) is 18.3 Å². The van der Waals surface area contributed by atoms with E-state index >= 15 is 0 Å². The van der Waals surface area contributed by atoms with Crippen LogP contribution in [0.2, 0.25) is 0 Å². The molecule has 3 heteroatoms. The Hall–Kier alpha value is -0.970. The number of halogens is 3. The second-order valence-electron chi connectivity index (χ2n) is 7.84. The van der Waals surface area contributed by atoms with Gasteiger partial charge in [0.05, 0.1) is 0 Å². The minimum atomic E-state index is -0.584. The zero-order valence-corrected chi connectivity index (χ0v) is 16.8. The van der Waals surface area contributed by atoms with E-state index in [4.69, 9.17) is 0 Å². The summed E-state index contributed by atoms with van der Waals surface area (Å²) in [7, 11) is 0. The van der Waals surface area contributed by atoms with Gasteiger partial charge in [-0.25, -0.2) is 8.78 Å². The van der Waals surface area contributed by atoms with Gasteiger partial charge in [0, 0.05) is 12.1 Å². The van der Waals surface area contributed by atoms with Crippen LogP contribution in [0.25, 0.3) is 0 Å². The number of hydrogen-bond acceptors (Lipinski definition) is 0. The van der Waals surface area contributed by atoms with E-state index in [-0.39, 0.29) is 22.5 Å². The summed E-state index contributed by atoms with van der Waals surface area (Å²) in [5.74, 6) is -0.331. The normalized spacial score (nSPS) is 12.5. The molecule has 124 valence electrons. The van der Waals surface area contributed by atoms with Crippen LogP contribution in [0.3, 0.4) is 0 Å². The Labute approximate surface area is 148 Å². The van der Waals surface area contributed by atoms with Crippen molar-refractivity contribution in [1.82, 2.24) is 0 Å². The van der Waals surface area contributed by atoms with Gasteiger partial charge in [0.25, 0.3) is 0 Å². The van der Waals surface area contributed by atoms with Crippen molar-refractivity contribution in [3.8, 4) is 0 Å². The van der Waals surface area contributed by atoms with Crippen molar-refractivity contribution < 1.29 is 30.0 Å². The second-order valence-corrected chi connectivity index (χ2v) is 10.9. The first-order chi connectivity index (χ1) is 10.5. The highest BCUT2D eigenvalue weighted by Crippen LogP contribution is 2.25. The molecule has 2 aromatic rings. The molecule has 0 nitrogen and oxygen atoms in total. The molecule has 0 saturated carbocycles. The standard InChI is InChI=1S/C20H24F2I/c1-19(2,3)15-9-7-13(11-17(15)21)23-14-8-10-16(18(22)12-14)20(4,5)6/h7-12H,1-6H3/q+1. The lowest BCUT2D eigenvalue weighted by atomic mass is 9.87. The molecule has 2 rings (SSSR count).